The highest BCUT2D eigenvalue weighted by Crippen LogP contribution is 2.36. The molecule has 2 aromatic carbocycles. The first kappa shape index (κ1) is 24.7. The Kier molecular flexibility index (Phi) is 5.96. The molecular formula is C30H26ClN5O4. The maximum Gasteiger partial charge on any atom is 0.410 e. The fourth-order valence-corrected chi connectivity index (χ4v) is 5.76. The van der Waals surface area contributed by atoms with Crippen molar-refractivity contribution in [3.05, 3.63) is 93.8 Å². The summed E-state index contributed by atoms with van der Waals surface area (Å²) in [5, 5.41) is 1.11. The van der Waals surface area contributed by atoms with Crippen molar-refractivity contribution in [3.8, 4) is 17.0 Å². The van der Waals surface area contributed by atoms with Gasteiger partial charge in [0.05, 0.1) is 29.2 Å². The number of benzene rings is 2. The molecule has 202 valence electrons. The number of piperidine rings is 1. The molecule has 9 nitrogen and oxygen atoms in total. The standard InChI is InChI=1S/C30H26ClN5O4/c1-18-32-25-13-23(26-16-34-10-3-2-4-28(34)33-26)27(40-22-9-11-35-21(12-22)17-39-30(35)38)14-24(25)29(37)36(18)15-19-5-7-20(31)8-6-19/h2-8,10,13-14,16,21-22H,9,11-12,15,17H2,1H3/t21-,22-/m0/s1. The van der Waals surface area contributed by atoms with E-state index in [0.717, 1.165) is 22.5 Å². The molecule has 2 atom stereocenters. The molecule has 0 saturated carbocycles. The summed E-state index contributed by atoms with van der Waals surface area (Å²) >= 11 is 6.05. The van der Waals surface area contributed by atoms with Crippen LogP contribution < -0.4 is 10.3 Å². The largest absolute Gasteiger partial charge is 0.490 e. The Balaban J connectivity index is 1.32. The number of hydrogen-bond acceptors (Lipinski definition) is 6. The molecule has 2 aliphatic heterocycles. The number of fused-ring (bicyclic) bond motifs is 3. The molecule has 0 N–H and O–H groups in total. The maximum atomic E-state index is 13.8. The van der Waals surface area contributed by atoms with E-state index in [1.807, 2.05) is 72.2 Å². The maximum absolute atomic E-state index is 13.8. The van der Waals surface area contributed by atoms with Gasteiger partial charge in [-0.15, -0.1) is 0 Å². The van der Waals surface area contributed by atoms with Crippen molar-refractivity contribution in [2.45, 2.75) is 38.5 Å². The van der Waals surface area contributed by atoms with E-state index >= 15 is 0 Å². The molecule has 7 rings (SSSR count). The number of cyclic esters (lactones) is 1. The highest BCUT2D eigenvalue weighted by molar-refractivity contribution is 6.30. The molecular weight excluding hydrogens is 530 g/mol. The Morgan fingerprint density at radius 3 is 2.77 bits per heavy atom. The summed E-state index contributed by atoms with van der Waals surface area (Å²) in [5.41, 5.74) is 3.69. The molecule has 0 bridgehead atoms. The highest BCUT2D eigenvalue weighted by Gasteiger charge is 2.39. The zero-order chi connectivity index (χ0) is 27.4. The fourth-order valence-electron chi connectivity index (χ4n) is 5.63. The summed E-state index contributed by atoms with van der Waals surface area (Å²) in [6.07, 6.45) is 4.81. The van der Waals surface area contributed by atoms with Gasteiger partial charge in [-0.1, -0.05) is 29.8 Å². The van der Waals surface area contributed by atoms with Crippen molar-refractivity contribution >= 4 is 34.2 Å². The van der Waals surface area contributed by atoms with Crippen LogP contribution in [0.3, 0.4) is 0 Å². The van der Waals surface area contributed by atoms with Crippen molar-refractivity contribution in [1.82, 2.24) is 23.8 Å². The lowest BCUT2D eigenvalue weighted by atomic mass is 10.0. The number of aromatic nitrogens is 4. The predicted molar refractivity (Wildman–Crippen MR) is 151 cm³/mol. The van der Waals surface area contributed by atoms with Crippen molar-refractivity contribution in [1.29, 1.82) is 0 Å². The molecule has 5 heterocycles. The summed E-state index contributed by atoms with van der Waals surface area (Å²) < 4.78 is 15.5. The number of rotatable bonds is 5. The highest BCUT2D eigenvalue weighted by atomic mass is 35.5. The monoisotopic (exact) mass is 555 g/mol. The van der Waals surface area contributed by atoms with E-state index in [4.69, 9.17) is 31.0 Å². The Morgan fingerprint density at radius 1 is 1.10 bits per heavy atom. The second-order valence-corrected chi connectivity index (χ2v) is 10.8. The average molecular weight is 556 g/mol. The molecule has 2 saturated heterocycles. The van der Waals surface area contributed by atoms with Crippen LogP contribution in [0.4, 0.5) is 4.79 Å². The van der Waals surface area contributed by atoms with Crippen molar-refractivity contribution in [2.24, 2.45) is 0 Å². The van der Waals surface area contributed by atoms with Crippen molar-refractivity contribution in [2.75, 3.05) is 13.2 Å². The Labute approximate surface area is 234 Å². The molecule has 0 spiro atoms. The van der Waals surface area contributed by atoms with Crippen LogP contribution in [-0.4, -0.2) is 55.2 Å². The van der Waals surface area contributed by atoms with E-state index in [-0.39, 0.29) is 23.8 Å². The van der Waals surface area contributed by atoms with Crippen LogP contribution in [0.15, 0.2) is 71.8 Å². The van der Waals surface area contributed by atoms with E-state index in [2.05, 4.69) is 0 Å². The van der Waals surface area contributed by atoms with E-state index in [9.17, 15) is 9.59 Å². The lowest BCUT2D eigenvalue weighted by Gasteiger charge is -2.33. The third kappa shape index (κ3) is 4.36. The molecule has 10 heteroatoms. The average Bonchev–Trinajstić information content (AvgIpc) is 3.55. The number of aryl methyl sites for hydroxylation is 1. The van der Waals surface area contributed by atoms with Crippen LogP contribution in [0.25, 0.3) is 27.8 Å². The SMILES string of the molecule is Cc1nc2cc(-c3cn4ccccc4n3)c(O[C@H]3CCN4C(=O)OC[C@@H]4C3)cc2c(=O)n1Cc1ccc(Cl)cc1. The third-order valence-corrected chi connectivity index (χ3v) is 7.99. The summed E-state index contributed by atoms with van der Waals surface area (Å²) in [4.78, 5) is 37.2. The number of nitrogens with zero attached hydrogens (tertiary/aromatic N) is 5. The zero-order valence-electron chi connectivity index (χ0n) is 21.8. The number of pyridine rings is 1. The quantitative estimate of drug-likeness (QED) is 0.300. The zero-order valence-corrected chi connectivity index (χ0v) is 22.5. The van der Waals surface area contributed by atoms with Crippen LogP contribution >= 0.6 is 11.6 Å². The minimum Gasteiger partial charge on any atom is -0.490 e. The second-order valence-electron chi connectivity index (χ2n) is 10.3. The number of imidazole rings is 1. The molecule has 1 amide bonds. The van der Waals surface area contributed by atoms with Crippen molar-refractivity contribution < 1.29 is 14.3 Å². The van der Waals surface area contributed by atoms with Gasteiger partial charge >= 0.3 is 6.09 Å². The molecule has 5 aromatic rings. The normalized spacial score (nSPS) is 18.8. The minimum atomic E-state index is -0.262. The first-order valence-corrected chi connectivity index (χ1v) is 13.6. The van der Waals surface area contributed by atoms with E-state index < -0.39 is 0 Å². The number of ether oxygens (including phenoxy) is 2. The lowest BCUT2D eigenvalue weighted by Crippen LogP contribution is -2.44. The van der Waals surface area contributed by atoms with Crippen LogP contribution in [0, 0.1) is 6.92 Å². The fraction of sp³-hybridized carbons (Fsp3) is 0.267. The second kappa shape index (κ2) is 9.67. The van der Waals surface area contributed by atoms with Gasteiger partial charge in [-0.25, -0.2) is 14.8 Å². The number of hydrogen-bond donors (Lipinski definition) is 0. The van der Waals surface area contributed by atoms with Gasteiger partial charge in [0.25, 0.3) is 5.56 Å². The molecule has 0 aliphatic carbocycles. The van der Waals surface area contributed by atoms with Gasteiger partial charge in [0, 0.05) is 42.4 Å². The molecule has 40 heavy (non-hydrogen) atoms. The van der Waals surface area contributed by atoms with Crippen LogP contribution in [-0.2, 0) is 11.3 Å². The van der Waals surface area contributed by atoms with E-state index in [1.54, 1.807) is 15.5 Å². The number of halogens is 1. The van der Waals surface area contributed by atoms with Gasteiger partial charge in [0.1, 0.15) is 29.9 Å². The smallest absolute Gasteiger partial charge is 0.410 e. The summed E-state index contributed by atoms with van der Waals surface area (Å²) in [5.74, 6) is 1.18. The summed E-state index contributed by atoms with van der Waals surface area (Å²) in [7, 11) is 0. The molecule has 2 aliphatic rings. The minimum absolute atomic E-state index is 0.00808. The molecule has 3 aromatic heterocycles. The van der Waals surface area contributed by atoms with Gasteiger partial charge in [0.15, 0.2) is 0 Å². The molecule has 0 unspecified atom stereocenters. The van der Waals surface area contributed by atoms with E-state index in [0.29, 0.717) is 60.0 Å². The number of carbonyl (C=O) groups excluding carboxylic acids is 1. The first-order valence-electron chi connectivity index (χ1n) is 13.3. The van der Waals surface area contributed by atoms with E-state index in [1.165, 1.54) is 0 Å². The van der Waals surface area contributed by atoms with Gasteiger partial charge < -0.3 is 18.8 Å². The third-order valence-electron chi connectivity index (χ3n) is 7.74. The predicted octanol–water partition coefficient (Wildman–Crippen LogP) is 5.08. The van der Waals surface area contributed by atoms with Gasteiger partial charge in [0.2, 0.25) is 0 Å². The summed E-state index contributed by atoms with van der Waals surface area (Å²) in [6.45, 7) is 3.15. The number of carbonyl (C=O) groups is 1. The lowest BCUT2D eigenvalue weighted by molar-refractivity contribution is 0.0941. The van der Waals surface area contributed by atoms with Crippen LogP contribution in [0.1, 0.15) is 24.2 Å². The van der Waals surface area contributed by atoms with Gasteiger partial charge in [-0.2, -0.15) is 0 Å². The molecule has 0 radical (unpaired) electrons. The first-order chi connectivity index (χ1) is 19.4. The van der Waals surface area contributed by atoms with Crippen molar-refractivity contribution in [3.63, 3.8) is 0 Å². The Hall–Kier alpha value is -4.37. The Bertz CT molecular complexity index is 1800. The number of amides is 1. The van der Waals surface area contributed by atoms with Gasteiger partial charge in [-0.05, 0) is 48.9 Å². The Morgan fingerprint density at radius 2 is 1.95 bits per heavy atom. The molecule has 2 fully saturated rings. The van der Waals surface area contributed by atoms with Gasteiger partial charge in [-0.3, -0.25) is 9.36 Å². The summed E-state index contributed by atoms with van der Waals surface area (Å²) in [6, 6.07) is 16.9. The van der Waals surface area contributed by atoms with Crippen LogP contribution in [0.5, 0.6) is 5.75 Å². The van der Waals surface area contributed by atoms with Crippen LogP contribution in [0.2, 0.25) is 5.02 Å². The topological polar surface area (TPSA) is 91.0 Å².